The number of rotatable bonds is 5. The third-order valence-corrected chi connectivity index (χ3v) is 5.89. The molecule has 1 aliphatic heterocycles. The van der Waals surface area contributed by atoms with Gasteiger partial charge in [-0.3, -0.25) is 0 Å². The number of hydrazone groups is 1. The molecular weight excluding hydrogens is 400 g/mol. The Morgan fingerprint density at radius 2 is 1.77 bits per heavy atom. The lowest BCUT2D eigenvalue weighted by molar-refractivity contribution is 0.364. The molecule has 0 aromatic heterocycles. The Labute approximate surface area is 190 Å². The molecule has 4 rings (SSSR count). The molecule has 3 aromatic rings. The van der Waals surface area contributed by atoms with E-state index >= 15 is 0 Å². The summed E-state index contributed by atoms with van der Waals surface area (Å²) in [6.45, 7) is 2.79. The first-order valence-electron chi connectivity index (χ1n) is 10.5. The third kappa shape index (κ3) is 4.94. The second-order valence-corrected chi connectivity index (χ2v) is 8.50. The van der Waals surface area contributed by atoms with Crippen LogP contribution < -0.4 is 10.2 Å². The fraction of sp³-hybridized carbons (Fsp3) is 0.231. The zero-order chi connectivity index (χ0) is 21.8. The molecule has 0 radical (unpaired) electrons. The SMILES string of the molecule is Cc1ccc([C@H]2CC(c3cccc(N(C)C)c3)=NN2C(=S)NCc2ccccc2)cc1. The number of aryl methyl sites for hydroxylation is 1. The van der Waals surface area contributed by atoms with Gasteiger partial charge >= 0.3 is 0 Å². The molecule has 0 spiro atoms. The van der Waals surface area contributed by atoms with Crippen molar-refractivity contribution in [3.63, 3.8) is 0 Å². The monoisotopic (exact) mass is 428 g/mol. The van der Waals surface area contributed by atoms with E-state index in [9.17, 15) is 0 Å². The number of anilines is 1. The maximum Gasteiger partial charge on any atom is 0.190 e. The number of hydrogen-bond donors (Lipinski definition) is 1. The topological polar surface area (TPSA) is 30.9 Å². The molecule has 1 heterocycles. The maximum absolute atomic E-state index is 5.79. The van der Waals surface area contributed by atoms with Crippen LogP contribution in [0.3, 0.4) is 0 Å². The fourth-order valence-corrected chi connectivity index (χ4v) is 3.98. The van der Waals surface area contributed by atoms with E-state index in [4.69, 9.17) is 17.3 Å². The van der Waals surface area contributed by atoms with E-state index in [-0.39, 0.29) is 6.04 Å². The van der Waals surface area contributed by atoms with E-state index in [1.54, 1.807) is 0 Å². The highest BCUT2D eigenvalue weighted by Gasteiger charge is 2.31. The first-order chi connectivity index (χ1) is 15.0. The van der Waals surface area contributed by atoms with Crippen molar-refractivity contribution in [3.8, 4) is 0 Å². The van der Waals surface area contributed by atoms with Crippen molar-refractivity contribution >= 4 is 28.7 Å². The molecule has 0 saturated heterocycles. The van der Waals surface area contributed by atoms with Crippen LogP contribution in [-0.4, -0.2) is 29.9 Å². The average molecular weight is 429 g/mol. The molecule has 5 heteroatoms. The highest BCUT2D eigenvalue weighted by molar-refractivity contribution is 7.80. The van der Waals surface area contributed by atoms with Crippen molar-refractivity contribution in [2.45, 2.75) is 25.9 Å². The Kier molecular flexibility index (Phi) is 6.33. The van der Waals surface area contributed by atoms with Crippen LogP contribution in [0.1, 0.15) is 34.7 Å². The van der Waals surface area contributed by atoms with Crippen molar-refractivity contribution in [3.05, 3.63) is 101 Å². The average Bonchev–Trinajstić information content (AvgIpc) is 3.24. The van der Waals surface area contributed by atoms with Crippen LogP contribution >= 0.6 is 12.2 Å². The van der Waals surface area contributed by atoms with Gasteiger partial charge in [-0.05, 0) is 48.0 Å². The number of thiocarbonyl (C=S) groups is 1. The van der Waals surface area contributed by atoms with E-state index < -0.39 is 0 Å². The predicted molar refractivity (Wildman–Crippen MR) is 134 cm³/mol. The van der Waals surface area contributed by atoms with Crippen molar-refractivity contribution in [2.75, 3.05) is 19.0 Å². The summed E-state index contributed by atoms with van der Waals surface area (Å²) in [7, 11) is 4.11. The van der Waals surface area contributed by atoms with Crippen molar-refractivity contribution in [1.29, 1.82) is 0 Å². The lowest BCUT2D eigenvalue weighted by Crippen LogP contribution is -2.36. The van der Waals surface area contributed by atoms with Crippen molar-refractivity contribution in [2.24, 2.45) is 5.10 Å². The van der Waals surface area contributed by atoms with Crippen LogP contribution in [0.4, 0.5) is 5.69 Å². The van der Waals surface area contributed by atoms with Crippen LogP contribution in [0.5, 0.6) is 0 Å². The smallest absolute Gasteiger partial charge is 0.190 e. The molecule has 4 nitrogen and oxygen atoms in total. The van der Waals surface area contributed by atoms with Gasteiger partial charge in [-0.15, -0.1) is 0 Å². The van der Waals surface area contributed by atoms with Crippen LogP contribution in [0.15, 0.2) is 84.0 Å². The van der Waals surface area contributed by atoms with Gasteiger partial charge in [-0.2, -0.15) is 5.10 Å². The molecule has 31 heavy (non-hydrogen) atoms. The molecule has 0 aliphatic carbocycles. The van der Waals surface area contributed by atoms with Gasteiger partial charge in [0.15, 0.2) is 5.11 Å². The van der Waals surface area contributed by atoms with Crippen LogP contribution in [0.2, 0.25) is 0 Å². The van der Waals surface area contributed by atoms with Crippen LogP contribution in [-0.2, 0) is 6.54 Å². The number of hydrogen-bond acceptors (Lipinski definition) is 3. The number of nitrogens with one attached hydrogen (secondary N) is 1. The molecular formula is C26H28N4S. The van der Waals surface area contributed by atoms with Gasteiger partial charge in [0.05, 0.1) is 11.8 Å². The summed E-state index contributed by atoms with van der Waals surface area (Å²) in [4.78, 5) is 2.11. The van der Waals surface area contributed by atoms with Gasteiger partial charge < -0.3 is 10.2 Å². The summed E-state index contributed by atoms with van der Waals surface area (Å²) >= 11 is 5.79. The van der Waals surface area contributed by atoms with Gasteiger partial charge in [0, 0.05) is 32.7 Å². The third-order valence-electron chi connectivity index (χ3n) is 5.56. The lowest BCUT2D eigenvalue weighted by Gasteiger charge is -2.25. The minimum absolute atomic E-state index is 0.0781. The maximum atomic E-state index is 5.79. The van der Waals surface area contributed by atoms with Gasteiger partial charge in [-0.1, -0.05) is 72.3 Å². The predicted octanol–water partition coefficient (Wildman–Crippen LogP) is 5.29. The summed E-state index contributed by atoms with van der Waals surface area (Å²) in [5.41, 5.74) is 7.01. The second-order valence-electron chi connectivity index (χ2n) is 8.11. The quantitative estimate of drug-likeness (QED) is 0.560. The Balaban J connectivity index is 1.61. The molecule has 1 atom stereocenters. The molecule has 1 N–H and O–H groups in total. The Morgan fingerprint density at radius 1 is 1.03 bits per heavy atom. The Bertz CT molecular complexity index is 1070. The Hall–Kier alpha value is -3.18. The summed E-state index contributed by atoms with van der Waals surface area (Å²) in [5, 5.41) is 11.0. The van der Waals surface area contributed by atoms with E-state index in [2.05, 4.69) is 91.9 Å². The Morgan fingerprint density at radius 3 is 2.48 bits per heavy atom. The van der Waals surface area contributed by atoms with Crippen LogP contribution in [0.25, 0.3) is 0 Å². The summed E-state index contributed by atoms with van der Waals surface area (Å²) in [5.74, 6) is 0. The van der Waals surface area contributed by atoms with Crippen molar-refractivity contribution in [1.82, 2.24) is 10.3 Å². The van der Waals surface area contributed by atoms with Gasteiger partial charge in [-0.25, -0.2) is 5.01 Å². The fourth-order valence-electron chi connectivity index (χ4n) is 3.74. The van der Waals surface area contributed by atoms with Gasteiger partial charge in [0.1, 0.15) is 0 Å². The highest BCUT2D eigenvalue weighted by atomic mass is 32.1. The summed E-state index contributed by atoms with van der Waals surface area (Å²) in [6.07, 6.45) is 0.813. The molecule has 0 fully saturated rings. The highest BCUT2D eigenvalue weighted by Crippen LogP contribution is 2.33. The number of nitrogens with zero attached hydrogens (tertiary/aromatic N) is 3. The molecule has 3 aromatic carbocycles. The zero-order valence-electron chi connectivity index (χ0n) is 18.2. The minimum atomic E-state index is 0.0781. The zero-order valence-corrected chi connectivity index (χ0v) is 19.1. The second kappa shape index (κ2) is 9.31. The molecule has 0 bridgehead atoms. The normalized spacial score (nSPS) is 15.5. The van der Waals surface area contributed by atoms with Gasteiger partial charge in [0.25, 0.3) is 0 Å². The molecule has 0 unspecified atom stereocenters. The minimum Gasteiger partial charge on any atom is -0.378 e. The summed E-state index contributed by atoms with van der Waals surface area (Å²) in [6, 6.07) is 27.6. The number of benzene rings is 3. The first kappa shape index (κ1) is 21.1. The van der Waals surface area contributed by atoms with E-state index in [1.165, 1.54) is 16.7 Å². The largest absolute Gasteiger partial charge is 0.378 e. The standard InChI is InChI=1S/C26H28N4S/c1-19-12-14-21(15-13-19)25-17-24(22-10-7-11-23(16-22)29(2)3)28-30(25)26(31)27-18-20-8-5-4-6-9-20/h4-16,25H,17-18H2,1-3H3,(H,27,31)/t25-/m1/s1. The van der Waals surface area contributed by atoms with Crippen molar-refractivity contribution < 1.29 is 0 Å². The molecule has 0 amide bonds. The molecule has 158 valence electrons. The molecule has 1 aliphatic rings. The molecule has 0 saturated carbocycles. The van der Waals surface area contributed by atoms with Crippen LogP contribution in [0, 0.1) is 6.92 Å². The van der Waals surface area contributed by atoms with E-state index in [0.29, 0.717) is 11.7 Å². The van der Waals surface area contributed by atoms with E-state index in [1.807, 2.05) is 23.2 Å². The van der Waals surface area contributed by atoms with Gasteiger partial charge in [0.2, 0.25) is 0 Å². The van der Waals surface area contributed by atoms with E-state index in [0.717, 1.165) is 23.4 Å². The summed E-state index contributed by atoms with van der Waals surface area (Å²) < 4.78 is 0. The lowest BCUT2D eigenvalue weighted by atomic mass is 9.97. The first-order valence-corrected chi connectivity index (χ1v) is 10.9.